The highest BCUT2D eigenvalue weighted by molar-refractivity contribution is 5.80. The van der Waals surface area contributed by atoms with Gasteiger partial charge in [-0.1, -0.05) is 61.8 Å². The van der Waals surface area contributed by atoms with Crippen molar-refractivity contribution in [2.45, 2.75) is 52.7 Å². The molecule has 0 aliphatic carbocycles. The van der Waals surface area contributed by atoms with Crippen LogP contribution in [-0.2, 0) is 16.8 Å². The maximum absolute atomic E-state index is 12.7. The third-order valence-corrected chi connectivity index (χ3v) is 4.87. The molecule has 6 heteroatoms. The van der Waals surface area contributed by atoms with Gasteiger partial charge in [0, 0.05) is 12.6 Å². The summed E-state index contributed by atoms with van der Waals surface area (Å²) >= 11 is 0. The Balaban J connectivity index is 1.60. The number of hydrogen-bond donors (Lipinski definition) is 0. The standard InChI is InChI=1S/C24H29N3O3/c1-16-8-7-9-18(14-16)22-25-21(30-26-22)15-27(6)23(28)17(2)29-20-12-10-19(11-13-20)24(3,4)5/h7-14,17H,15H2,1-6H3. The Morgan fingerprint density at radius 2 is 1.87 bits per heavy atom. The molecule has 158 valence electrons. The molecule has 3 aromatic rings. The Hall–Kier alpha value is -3.15. The summed E-state index contributed by atoms with van der Waals surface area (Å²) in [4.78, 5) is 18.6. The Labute approximate surface area is 177 Å². The van der Waals surface area contributed by atoms with Gasteiger partial charge in [-0.15, -0.1) is 0 Å². The molecule has 0 aliphatic heterocycles. The van der Waals surface area contributed by atoms with Crippen LogP contribution in [0.25, 0.3) is 11.4 Å². The summed E-state index contributed by atoms with van der Waals surface area (Å²) in [6.07, 6.45) is -0.630. The number of aryl methyl sites for hydroxylation is 1. The van der Waals surface area contributed by atoms with Crippen molar-refractivity contribution in [1.29, 1.82) is 0 Å². The van der Waals surface area contributed by atoms with Crippen LogP contribution in [0.4, 0.5) is 0 Å². The summed E-state index contributed by atoms with van der Waals surface area (Å²) < 4.78 is 11.2. The van der Waals surface area contributed by atoms with Crippen LogP contribution in [0.15, 0.2) is 53.1 Å². The number of aromatic nitrogens is 2. The molecule has 1 heterocycles. The van der Waals surface area contributed by atoms with Gasteiger partial charge in [0.05, 0.1) is 6.54 Å². The van der Waals surface area contributed by atoms with Crippen molar-refractivity contribution in [3.8, 4) is 17.1 Å². The topological polar surface area (TPSA) is 68.5 Å². The zero-order valence-electron chi connectivity index (χ0n) is 18.5. The van der Waals surface area contributed by atoms with Gasteiger partial charge in [0.15, 0.2) is 6.10 Å². The summed E-state index contributed by atoms with van der Waals surface area (Å²) in [5.41, 5.74) is 3.29. The molecule has 0 spiro atoms. The second kappa shape index (κ2) is 8.69. The monoisotopic (exact) mass is 407 g/mol. The molecule has 0 N–H and O–H groups in total. The number of hydrogen-bond acceptors (Lipinski definition) is 5. The Bertz CT molecular complexity index is 1000. The smallest absolute Gasteiger partial charge is 0.263 e. The van der Waals surface area contributed by atoms with Gasteiger partial charge in [0.1, 0.15) is 5.75 Å². The van der Waals surface area contributed by atoms with Gasteiger partial charge < -0.3 is 14.2 Å². The zero-order valence-corrected chi connectivity index (χ0v) is 18.5. The number of rotatable bonds is 6. The highest BCUT2D eigenvalue weighted by Gasteiger charge is 2.22. The molecule has 0 radical (unpaired) electrons. The molecule has 1 aromatic heterocycles. The highest BCUT2D eigenvalue weighted by atomic mass is 16.5. The molecule has 30 heavy (non-hydrogen) atoms. The molecule has 1 unspecified atom stereocenters. The van der Waals surface area contributed by atoms with Gasteiger partial charge in [0.2, 0.25) is 11.7 Å². The molecule has 0 saturated heterocycles. The molecular weight excluding hydrogens is 378 g/mol. The van der Waals surface area contributed by atoms with Crippen LogP contribution < -0.4 is 4.74 Å². The van der Waals surface area contributed by atoms with E-state index in [1.807, 2.05) is 55.5 Å². The first-order valence-corrected chi connectivity index (χ1v) is 10.1. The van der Waals surface area contributed by atoms with Crippen molar-refractivity contribution in [2.24, 2.45) is 0 Å². The summed E-state index contributed by atoms with van der Waals surface area (Å²) in [5, 5.41) is 4.03. The van der Waals surface area contributed by atoms with Gasteiger partial charge in [-0.3, -0.25) is 4.79 Å². The lowest BCUT2D eigenvalue weighted by molar-refractivity contribution is -0.137. The molecule has 1 amide bonds. The molecule has 0 saturated carbocycles. The molecular formula is C24H29N3O3. The third kappa shape index (κ3) is 5.26. The molecule has 3 rings (SSSR count). The van der Waals surface area contributed by atoms with Crippen LogP contribution in [0.1, 0.15) is 44.7 Å². The van der Waals surface area contributed by atoms with Crippen molar-refractivity contribution >= 4 is 5.91 Å². The maximum Gasteiger partial charge on any atom is 0.263 e. The largest absolute Gasteiger partial charge is 0.481 e. The van der Waals surface area contributed by atoms with E-state index in [1.54, 1.807) is 14.0 Å². The predicted octanol–water partition coefficient (Wildman–Crippen LogP) is 4.77. The summed E-state index contributed by atoms with van der Waals surface area (Å²) in [6, 6.07) is 15.7. The number of benzene rings is 2. The van der Waals surface area contributed by atoms with E-state index < -0.39 is 6.10 Å². The number of carbonyl (C=O) groups is 1. The number of nitrogens with zero attached hydrogens (tertiary/aromatic N) is 3. The normalized spacial score (nSPS) is 12.5. The van der Waals surface area contributed by atoms with Crippen LogP contribution in [-0.4, -0.2) is 34.1 Å². The van der Waals surface area contributed by atoms with Crippen molar-refractivity contribution in [2.75, 3.05) is 7.05 Å². The number of ether oxygens (including phenoxy) is 1. The minimum absolute atomic E-state index is 0.0710. The molecule has 0 bridgehead atoms. The lowest BCUT2D eigenvalue weighted by atomic mass is 9.87. The fourth-order valence-corrected chi connectivity index (χ4v) is 3.10. The fraction of sp³-hybridized carbons (Fsp3) is 0.375. The van der Waals surface area contributed by atoms with E-state index >= 15 is 0 Å². The lowest BCUT2D eigenvalue weighted by Gasteiger charge is -2.22. The zero-order chi connectivity index (χ0) is 21.9. The molecule has 6 nitrogen and oxygen atoms in total. The van der Waals surface area contributed by atoms with E-state index in [4.69, 9.17) is 9.26 Å². The minimum Gasteiger partial charge on any atom is -0.481 e. The van der Waals surface area contributed by atoms with Crippen molar-refractivity contribution in [3.63, 3.8) is 0 Å². The first-order chi connectivity index (χ1) is 14.1. The van der Waals surface area contributed by atoms with Crippen LogP contribution in [0.3, 0.4) is 0 Å². The van der Waals surface area contributed by atoms with Crippen molar-refractivity contribution in [1.82, 2.24) is 15.0 Å². The summed E-state index contributed by atoms with van der Waals surface area (Å²) in [6.45, 7) is 10.4. The number of amides is 1. The van der Waals surface area contributed by atoms with E-state index in [0.29, 0.717) is 17.5 Å². The average molecular weight is 408 g/mol. The second-order valence-electron chi connectivity index (χ2n) is 8.61. The van der Waals surface area contributed by atoms with Crippen LogP contribution in [0.5, 0.6) is 5.75 Å². The minimum atomic E-state index is -0.630. The molecule has 2 aromatic carbocycles. The van der Waals surface area contributed by atoms with Gasteiger partial charge in [-0.25, -0.2) is 0 Å². The average Bonchev–Trinajstić information content (AvgIpc) is 3.15. The first-order valence-electron chi connectivity index (χ1n) is 10.1. The van der Waals surface area contributed by atoms with E-state index in [-0.39, 0.29) is 17.9 Å². The van der Waals surface area contributed by atoms with Crippen molar-refractivity contribution < 1.29 is 14.1 Å². The van der Waals surface area contributed by atoms with E-state index in [1.165, 1.54) is 10.5 Å². The van der Waals surface area contributed by atoms with Gasteiger partial charge in [0.25, 0.3) is 5.91 Å². The third-order valence-electron chi connectivity index (χ3n) is 4.87. The van der Waals surface area contributed by atoms with Gasteiger partial charge in [-0.2, -0.15) is 4.98 Å². The van der Waals surface area contributed by atoms with Crippen molar-refractivity contribution in [3.05, 3.63) is 65.5 Å². The fourth-order valence-electron chi connectivity index (χ4n) is 3.10. The summed E-state index contributed by atoms with van der Waals surface area (Å²) in [5.74, 6) is 1.39. The van der Waals surface area contributed by atoms with E-state index in [0.717, 1.165) is 11.1 Å². The van der Waals surface area contributed by atoms with E-state index in [9.17, 15) is 4.79 Å². The molecule has 0 fully saturated rings. The van der Waals surface area contributed by atoms with E-state index in [2.05, 4.69) is 30.9 Å². The first kappa shape index (κ1) is 21.6. The van der Waals surface area contributed by atoms with Crippen LogP contribution >= 0.6 is 0 Å². The number of carbonyl (C=O) groups excluding carboxylic acids is 1. The maximum atomic E-state index is 12.7. The van der Waals surface area contributed by atoms with Gasteiger partial charge >= 0.3 is 0 Å². The SMILES string of the molecule is Cc1cccc(-c2noc(CN(C)C(=O)C(C)Oc3ccc(C(C)(C)C)cc3)n2)c1. The predicted molar refractivity (Wildman–Crippen MR) is 116 cm³/mol. The Kier molecular flexibility index (Phi) is 6.25. The van der Waals surface area contributed by atoms with Crippen LogP contribution in [0, 0.1) is 6.92 Å². The van der Waals surface area contributed by atoms with Crippen LogP contribution in [0.2, 0.25) is 0 Å². The second-order valence-corrected chi connectivity index (χ2v) is 8.61. The quantitative estimate of drug-likeness (QED) is 0.589. The molecule has 1 atom stereocenters. The summed E-state index contributed by atoms with van der Waals surface area (Å²) in [7, 11) is 1.70. The lowest BCUT2D eigenvalue weighted by Crippen LogP contribution is -2.37. The Morgan fingerprint density at radius 1 is 1.17 bits per heavy atom. The van der Waals surface area contributed by atoms with Gasteiger partial charge in [-0.05, 0) is 43.0 Å². The molecule has 0 aliphatic rings. The number of likely N-dealkylation sites (N-methyl/N-ethyl adjacent to an activating group) is 1. The highest BCUT2D eigenvalue weighted by Crippen LogP contribution is 2.25. The Morgan fingerprint density at radius 3 is 2.50 bits per heavy atom.